The lowest BCUT2D eigenvalue weighted by atomic mass is 9.90. The Hall–Kier alpha value is -1.43. The van der Waals surface area contributed by atoms with E-state index in [1.54, 1.807) is 7.11 Å². The number of methoxy groups -OCH3 is 1. The van der Waals surface area contributed by atoms with Crippen molar-refractivity contribution in [1.29, 1.82) is 0 Å². The first-order valence-electron chi connectivity index (χ1n) is 10.9. The van der Waals surface area contributed by atoms with Crippen LogP contribution in [-0.2, 0) is 16.0 Å². The molecule has 0 saturated heterocycles. The number of carbonyl (C=O) groups is 1. The van der Waals surface area contributed by atoms with Crippen LogP contribution in [0, 0.1) is 11.8 Å². The van der Waals surface area contributed by atoms with Crippen molar-refractivity contribution in [2.24, 2.45) is 11.8 Å². The largest absolute Gasteiger partial charge is 0.388 e. The molecule has 5 heteroatoms. The lowest BCUT2D eigenvalue weighted by Crippen LogP contribution is -2.48. The van der Waals surface area contributed by atoms with Gasteiger partial charge in [-0.3, -0.25) is 4.79 Å². The Morgan fingerprint density at radius 1 is 1.29 bits per heavy atom. The molecule has 4 rings (SSSR count). The van der Waals surface area contributed by atoms with Crippen LogP contribution in [0.2, 0.25) is 0 Å². The number of carbonyl (C=O) groups excluding carboxylic acids is 1. The van der Waals surface area contributed by atoms with E-state index in [0.717, 1.165) is 38.6 Å². The molecular formula is C23H34N2O3. The molecule has 2 N–H and O–H groups in total. The highest BCUT2D eigenvalue weighted by molar-refractivity contribution is 5.79. The van der Waals surface area contributed by atoms with Gasteiger partial charge in [-0.05, 0) is 55.1 Å². The fourth-order valence-corrected chi connectivity index (χ4v) is 4.80. The molecule has 5 nitrogen and oxygen atoms in total. The molecule has 1 aromatic rings. The summed E-state index contributed by atoms with van der Waals surface area (Å²) in [4.78, 5) is 15.0. The molecule has 2 fully saturated rings. The Balaban J connectivity index is 1.36. The number of nitrogens with zero attached hydrogens (tertiary/aromatic N) is 1. The van der Waals surface area contributed by atoms with Crippen molar-refractivity contribution >= 4 is 5.91 Å². The van der Waals surface area contributed by atoms with E-state index in [9.17, 15) is 9.90 Å². The van der Waals surface area contributed by atoms with E-state index >= 15 is 0 Å². The predicted molar refractivity (Wildman–Crippen MR) is 109 cm³/mol. The molecule has 2 atom stereocenters. The maximum Gasteiger partial charge on any atom is 0.237 e. The van der Waals surface area contributed by atoms with E-state index in [0.29, 0.717) is 31.5 Å². The first-order valence-corrected chi connectivity index (χ1v) is 10.9. The highest BCUT2D eigenvalue weighted by atomic mass is 16.5. The van der Waals surface area contributed by atoms with Gasteiger partial charge in [-0.1, -0.05) is 37.1 Å². The Kier molecular flexibility index (Phi) is 6.04. The maximum atomic E-state index is 13.0. The average Bonchev–Trinajstić information content (AvgIpc) is 3.59. The van der Waals surface area contributed by atoms with Crippen LogP contribution in [0.1, 0.15) is 55.7 Å². The number of benzene rings is 1. The molecule has 1 aromatic carbocycles. The highest BCUT2D eigenvalue weighted by Gasteiger charge is 2.46. The minimum atomic E-state index is -0.620. The second-order valence-electron chi connectivity index (χ2n) is 8.96. The Bertz CT molecular complexity index is 686. The summed E-state index contributed by atoms with van der Waals surface area (Å²) >= 11 is 0. The van der Waals surface area contributed by atoms with Gasteiger partial charge in [-0.2, -0.15) is 0 Å². The van der Waals surface area contributed by atoms with Gasteiger partial charge in [0.15, 0.2) is 0 Å². The average molecular weight is 387 g/mol. The molecule has 2 unspecified atom stereocenters. The van der Waals surface area contributed by atoms with Gasteiger partial charge in [0, 0.05) is 26.8 Å². The number of nitrogens with one attached hydrogen (secondary N) is 1. The normalized spacial score (nSPS) is 23.9. The number of amides is 1. The lowest BCUT2D eigenvalue weighted by molar-refractivity contribution is -0.133. The first-order chi connectivity index (χ1) is 13.6. The molecule has 154 valence electrons. The van der Waals surface area contributed by atoms with Gasteiger partial charge in [0.2, 0.25) is 5.91 Å². The molecule has 28 heavy (non-hydrogen) atoms. The summed E-state index contributed by atoms with van der Waals surface area (Å²) in [5.74, 6) is 1.24. The maximum absolute atomic E-state index is 13.0. The van der Waals surface area contributed by atoms with Gasteiger partial charge in [0.1, 0.15) is 0 Å². The third-order valence-electron chi connectivity index (χ3n) is 6.71. The predicted octanol–water partition coefficient (Wildman–Crippen LogP) is 2.68. The summed E-state index contributed by atoms with van der Waals surface area (Å²) in [6.07, 6.45) is 7.37. The number of rotatable bonds is 10. The van der Waals surface area contributed by atoms with Crippen LogP contribution in [0.5, 0.6) is 0 Å². The molecule has 1 aliphatic heterocycles. The Morgan fingerprint density at radius 2 is 2.07 bits per heavy atom. The van der Waals surface area contributed by atoms with E-state index in [1.165, 1.54) is 24.0 Å². The van der Waals surface area contributed by atoms with E-state index in [-0.39, 0.29) is 11.9 Å². The number of hydrogen-bond donors (Lipinski definition) is 2. The number of aliphatic hydroxyl groups is 1. The van der Waals surface area contributed by atoms with E-state index in [2.05, 4.69) is 29.6 Å². The van der Waals surface area contributed by atoms with Crippen LogP contribution < -0.4 is 5.32 Å². The number of ether oxygens (including phenoxy) is 1. The molecule has 0 spiro atoms. The van der Waals surface area contributed by atoms with Crippen LogP contribution >= 0.6 is 0 Å². The Morgan fingerprint density at radius 3 is 2.79 bits per heavy atom. The molecule has 1 amide bonds. The number of fused-ring (bicyclic) bond motifs is 1. The monoisotopic (exact) mass is 386 g/mol. The summed E-state index contributed by atoms with van der Waals surface area (Å²) < 4.78 is 5.30. The smallest absolute Gasteiger partial charge is 0.237 e. The third-order valence-corrected chi connectivity index (χ3v) is 6.71. The summed E-state index contributed by atoms with van der Waals surface area (Å²) in [6, 6.07) is 8.52. The van der Waals surface area contributed by atoms with Crippen LogP contribution in [0.3, 0.4) is 0 Å². The summed E-state index contributed by atoms with van der Waals surface area (Å²) in [5, 5.41) is 14.4. The van der Waals surface area contributed by atoms with E-state index < -0.39 is 5.60 Å². The van der Waals surface area contributed by atoms with Gasteiger partial charge >= 0.3 is 0 Å². The van der Waals surface area contributed by atoms with Gasteiger partial charge < -0.3 is 20.1 Å². The Labute approximate surface area is 168 Å². The SMILES string of the molecule is COCCC1c2ccccc2CCN1C(=O)CNCC(O)(CC1CC1)C1CC1. The fraction of sp³-hybridized carbons (Fsp3) is 0.696. The van der Waals surface area contributed by atoms with Gasteiger partial charge in [0.25, 0.3) is 0 Å². The molecule has 3 aliphatic rings. The van der Waals surface area contributed by atoms with Crippen LogP contribution in [0.4, 0.5) is 0 Å². The van der Waals surface area contributed by atoms with Crippen molar-refractivity contribution in [2.45, 2.75) is 56.6 Å². The topological polar surface area (TPSA) is 61.8 Å². The molecular weight excluding hydrogens is 352 g/mol. The van der Waals surface area contributed by atoms with Crippen molar-refractivity contribution in [1.82, 2.24) is 10.2 Å². The van der Waals surface area contributed by atoms with Crippen molar-refractivity contribution in [3.63, 3.8) is 0 Å². The van der Waals surface area contributed by atoms with Crippen LogP contribution in [-0.4, -0.2) is 54.9 Å². The standard InChI is InChI=1S/C23H34N2O3/c1-28-13-11-21-20-5-3-2-4-18(20)10-12-25(21)22(26)15-24-16-23(27,19-8-9-19)14-17-6-7-17/h2-5,17,19,21,24,27H,6-16H2,1H3. The quantitative estimate of drug-likeness (QED) is 0.649. The van der Waals surface area contributed by atoms with E-state index in [1.807, 2.05) is 4.90 Å². The van der Waals surface area contributed by atoms with Gasteiger partial charge in [-0.25, -0.2) is 0 Å². The van der Waals surface area contributed by atoms with Crippen molar-refractivity contribution in [3.8, 4) is 0 Å². The second kappa shape index (κ2) is 8.52. The molecule has 1 heterocycles. The zero-order valence-corrected chi connectivity index (χ0v) is 17.0. The summed E-state index contributed by atoms with van der Waals surface area (Å²) in [6.45, 7) is 2.22. The van der Waals surface area contributed by atoms with E-state index in [4.69, 9.17) is 4.74 Å². The first kappa shape index (κ1) is 19.9. The fourth-order valence-electron chi connectivity index (χ4n) is 4.80. The molecule has 2 saturated carbocycles. The minimum absolute atomic E-state index is 0.0768. The lowest BCUT2D eigenvalue weighted by Gasteiger charge is -2.38. The van der Waals surface area contributed by atoms with Crippen molar-refractivity contribution in [2.75, 3.05) is 33.4 Å². The van der Waals surface area contributed by atoms with Crippen molar-refractivity contribution < 1.29 is 14.6 Å². The zero-order chi connectivity index (χ0) is 19.6. The summed E-state index contributed by atoms with van der Waals surface area (Å²) in [5.41, 5.74) is 1.97. The third kappa shape index (κ3) is 4.58. The van der Waals surface area contributed by atoms with Gasteiger partial charge in [-0.15, -0.1) is 0 Å². The zero-order valence-electron chi connectivity index (χ0n) is 17.0. The highest BCUT2D eigenvalue weighted by Crippen LogP contribution is 2.47. The second-order valence-corrected chi connectivity index (χ2v) is 8.96. The van der Waals surface area contributed by atoms with Crippen molar-refractivity contribution in [3.05, 3.63) is 35.4 Å². The molecule has 0 radical (unpaired) electrons. The number of hydrogen-bond acceptors (Lipinski definition) is 4. The minimum Gasteiger partial charge on any atom is -0.388 e. The molecule has 0 bridgehead atoms. The van der Waals surface area contributed by atoms with Gasteiger partial charge in [0.05, 0.1) is 18.2 Å². The van der Waals surface area contributed by atoms with Crippen LogP contribution in [0.25, 0.3) is 0 Å². The summed E-state index contributed by atoms with van der Waals surface area (Å²) in [7, 11) is 1.71. The molecule has 0 aromatic heterocycles. The molecule has 2 aliphatic carbocycles. The van der Waals surface area contributed by atoms with Crippen LogP contribution in [0.15, 0.2) is 24.3 Å².